The van der Waals surface area contributed by atoms with E-state index in [2.05, 4.69) is 4.98 Å². The third kappa shape index (κ3) is 2.85. The Balaban J connectivity index is 1.75. The Kier molecular flexibility index (Phi) is 4.31. The Morgan fingerprint density at radius 2 is 1.57 bits per heavy atom. The second-order valence-electron chi connectivity index (χ2n) is 7.29. The van der Waals surface area contributed by atoms with Gasteiger partial charge in [0.05, 0.1) is 14.2 Å². The Morgan fingerprint density at radius 3 is 2.33 bits per heavy atom. The molecule has 0 saturated heterocycles. The van der Waals surface area contributed by atoms with Crippen molar-refractivity contribution in [3.05, 3.63) is 62.3 Å². The topological polar surface area (TPSA) is 91.8 Å². The fourth-order valence-electron chi connectivity index (χ4n) is 4.11. The predicted octanol–water partition coefficient (Wildman–Crippen LogP) is 3.86. The maximum absolute atomic E-state index is 12.6. The van der Waals surface area contributed by atoms with Crippen LogP contribution in [0.15, 0.2) is 48.8 Å². The summed E-state index contributed by atoms with van der Waals surface area (Å²) < 4.78 is 21.6. The zero-order chi connectivity index (χ0) is 20.8. The summed E-state index contributed by atoms with van der Waals surface area (Å²) in [4.78, 5) is 29.5. The fraction of sp³-hybridized carbons (Fsp3) is 0.261. The lowest BCUT2D eigenvalue weighted by atomic mass is 9.90. The highest BCUT2D eigenvalue weighted by Crippen LogP contribution is 2.32. The molecule has 2 aromatic heterocycles. The van der Waals surface area contributed by atoms with Gasteiger partial charge in [0.25, 0.3) is 0 Å². The molecule has 0 unspecified atom stereocenters. The highest BCUT2D eigenvalue weighted by Gasteiger charge is 2.20. The molecule has 7 nitrogen and oxygen atoms in total. The predicted molar refractivity (Wildman–Crippen MR) is 112 cm³/mol. The lowest BCUT2D eigenvalue weighted by Crippen LogP contribution is -2.16. The van der Waals surface area contributed by atoms with E-state index in [9.17, 15) is 9.59 Å². The number of ether oxygens (including phenoxy) is 2. The van der Waals surface area contributed by atoms with Crippen molar-refractivity contribution in [3.63, 3.8) is 0 Å². The van der Waals surface area contributed by atoms with Crippen molar-refractivity contribution >= 4 is 22.1 Å². The van der Waals surface area contributed by atoms with Gasteiger partial charge in [0, 0.05) is 22.6 Å². The molecule has 0 atom stereocenters. The molecule has 2 heterocycles. The number of methoxy groups -OCH3 is 2. The first-order chi connectivity index (χ1) is 14.6. The second kappa shape index (κ2) is 7.02. The van der Waals surface area contributed by atoms with Gasteiger partial charge in [-0.3, -0.25) is 0 Å². The quantitative estimate of drug-likeness (QED) is 0.377. The Morgan fingerprint density at radius 1 is 0.833 bits per heavy atom. The number of rotatable bonds is 3. The molecule has 30 heavy (non-hydrogen) atoms. The molecule has 0 spiro atoms. The summed E-state index contributed by atoms with van der Waals surface area (Å²) in [6.07, 6.45) is 3.55. The Labute approximate surface area is 170 Å². The summed E-state index contributed by atoms with van der Waals surface area (Å²) in [5, 5.41) is 0.844. The minimum absolute atomic E-state index is 0.175. The van der Waals surface area contributed by atoms with Gasteiger partial charge in [0.2, 0.25) is 0 Å². The summed E-state index contributed by atoms with van der Waals surface area (Å²) in [5.74, 6) is 1.05. The molecule has 0 fully saturated rings. The van der Waals surface area contributed by atoms with Crippen LogP contribution in [0.2, 0.25) is 0 Å². The van der Waals surface area contributed by atoms with Crippen molar-refractivity contribution in [1.82, 2.24) is 4.98 Å². The third-order valence-electron chi connectivity index (χ3n) is 5.59. The molecule has 0 bridgehead atoms. The van der Waals surface area contributed by atoms with Crippen LogP contribution < -0.4 is 20.7 Å². The largest absolute Gasteiger partial charge is 0.493 e. The van der Waals surface area contributed by atoms with E-state index in [4.69, 9.17) is 18.3 Å². The molecule has 5 rings (SSSR count). The summed E-state index contributed by atoms with van der Waals surface area (Å²) >= 11 is 0. The Bertz CT molecular complexity index is 1420. The standard InChI is InChI=1S/C23H19NO6/c1-27-17-8-7-12(9-20(17)28-2)21-23(26)30-19-11-18-15(10-16(19)24-21)13-5-3-4-6-14(13)22(25)29-18/h7-11H,3-6H2,1-2H3. The van der Waals surface area contributed by atoms with Crippen LogP contribution >= 0.6 is 0 Å². The molecular formula is C23H19NO6. The number of nitrogens with zero attached hydrogens (tertiary/aromatic N) is 1. The first kappa shape index (κ1) is 18.4. The van der Waals surface area contributed by atoms with Crippen LogP contribution in [0.1, 0.15) is 24.0 Å². The normalized spacial score (nSPS) is 13.4. The number of hydrogen-bond acceptors (Lipinski definition) is 7. The van der Waals surface area contributed by atoms with Crippen molar-refractivity contribution in [2.45, 2.75) is 25.7 Å². The summed E-state index contributed by atoms with van der Waals surface area (Å²) in [5.41, 5.74) is 2.80. The van der Waals surface area contributed by atoms with Crippen LogP contribution in [0.25, 0.3) is 33.3 Å². The lowest BCUT2D eigenvalue weighted by Gasteiger charge is -2.16. The van der Waals surface area contributed by atoms with Gasteiger partial charge in [-0.05, 0) is 55.5 Å². The molecule has 2 aromatic carbocycles. The monoisotopic (exact) mass is 405 g/mol. The van der Waals surface area contributed by atoms with E-state index in [0.717, 1.165) is 42.2 Å². The van der Waals surface area contributed by atoms with Crippen LogP contribution in [0.5, 0.6) is 11.5 Å². The van der Waals surface area contributed by atoms with E-state index >= 15 is 0 Å². The number of benzene rings is 2. The van der Waals surface area contributed by atoms with Gasteiger partial charge in [-0.15, -0.1) is 0 Å². The van der Waals surface area contributed by atoms with Crippen molar-refractivity contribution in [3.8, 4) is 22.8 Å². The van der Waals surface area contributed by atoms with Gasteiger partial charge in [0.15, 0.2) is 22.8 Å². The Hall–Kier alpha value is -3.61. The van der Waals surface area contributed by atoms with E-state index in [0.29, 0.717) is 28.2 Å². The maximum Gasteiger partial charge on any atom is 0.363 e. The molecule has 0 radical (unpaired) electrons. The molecule has 152 valence electrons. The SMILES string of the molecule is COc1ccc(-c2nc3cc4c5c(c(=O)oc4cc3oc2=O)CCCC5)cc1OC. The van der Waals surface area contributed by atoms with Gasteiger partial charge in [0.1, 0.15) is 11.1 Å². The van der Waals surface area contributed by atoms with Crippen LogP contribution in [0.3, 0.4) is 0 Å². The van der Waals surface area contributed by atoms with Gasteiger partial charge < -0.3 is 18.3 Å². The number of hydrogen-bond donors (Lipinski definition) is 0. The van der Waals surface area contributed by atoms with E-state index in [1.807, 2.05) is 6.07 Å². The molecule has 0 amide bonds. The van der Waals surface area contributed by atoms with Crippen molar-refractivity contribution in [2.75, 3.05) is 14.2 Å². The number of aromatic nitrogens is 1. The van der Waals surface area contributed by atoms with Crippen LogP contribution in [0.4, 0.5) is 0 Å². The molecule has 1 aliphatic carbocycles. The highest BCUT2D eigenvalue weighted by atomic mass is 16.5. The van der Waals surface area contributed by atoms with E-state index < -0.39 is 5.63 Å². The smallest absolute Gasteiger partial charge is 0.363 e. The van der Waals surface area contributed by atoms with E-state index in [-0.39, 0.29) is 16.9 Å². The van der Waals surface area contributed by atoms with E-state index in [1.165, 1.54) is 7.11 Å². The van der Waals surface area contributed by atoms with Crippen molar-refractivity contribution in [2.24, 2.45) is 0 Å². The average Bonchev–Trinajstić information content (AvgIpc) is 2.77. The fourth-order valence-corrected chi connectivity index (χ4v) is 4.11. The molecule has 0 N–H and O–H groups in total. The maximum atomic E-state index is 12.6. The molecule has 7 heteroatoms. The molecule has 1 aliphatic rings. The zero-order valence-corrected chi connectivity index (χ0v) is 16.6. The summed E-state index contributed by atoms with van der Waals surface area (Å²) in [6, 6.07) is 8.55. The second-order valence-corrected chi connectivity index (χ2v) is 7.29. The number of aryl methyl sites for hydroxylation is 1. The summed E-state index contributed by atoms with van der Waals surface area (Å²) in [7, 11) is 3.07. The van der Waals surface area contributed by atoms with Crippen LogP contribution in [0, 0.1) is 0 Å². The van der Waals surface area contributed by atoms with Gasteiger partial charge in [-0.2, -0.15) is 0 Å². The van der Waals surface area contributed by atoms with Crippen LogP contribution in [-0.2, 0) is 12.8 Å². The molecule has 4 aromatic rings. The average molecular weight is 405 g/mol. The third-order valence-corrected chi connectivity index (χ3v) is 5.59. The van der Waals surface area contributed by atoms with Gasteiger partial charge in [-0.25, -0.2) is 14.6 Å². The first-order valence-corrected chi connectivity index (χ1v) is 9.75. The molecule has 0 saturated carbocycles. The summed E-state index contributed by atoms with van der Waals surface area (Å²) in [6.45, 7) is 0. The number of fused-ring (bicyclic) bond motifs is 4. The molecule has 0 aliphatic heterocycles. The van der Waals surface area contributed by atoms with Crippen molar-refractivity contribution in [1.29, 1.82) is 0 Å². The van der Waals surface area contributed by atoms with E-state index in [1.54, 1.807) is 31.4 Å². The minimum Gasteiger partial charge on any atom is -0.493 e. The highest BCUT2D eigenvalue weighted by molar-refractivity contribution is 5.93. The first-order valence-electron chi connectivity index (χ1n) is 9.75. The van der Waals surface area contributed by atoms with Gasteiger partial charge >= 0.3 is 11.3 Å². The lowest BCUT2D eigenvalue weighted by molar-refractivity contribution is 0.355. The van der Waals surface area contributed by atoms with Gasteiger partial charge in [-0.1, -0.05) is 0 Å². The molecular weight excluding hydrogens is 386 g/mol. The minimum atomic E-state index is -0.589. The van der Waals surface area contributed by atoms with Crippen LogP contribution in [-0.4, -0.2) is 19.2 Å². The zero-order valence-electron chi connectivity index (χ0n) is 16.6. The van der Waals surface area contributed by atoms with Crippen molar-refractivity contribution < 1.29 is 18.3 Å².